The highest BCUT2D eigenvalue weighted by Crippen LogP contribution is 2.36. The van der Waals surface area contributed by atoms with Gasteiger partial charge in [-0.25, -0.2) is 12.8 Å². The van der Waals surface area contributed by atoms with Crippen LogP contribution < -0.4 is 0 Å². The third-order valence-electron chi connectivity index (χ3n) is 4.03. The Labute approximate surface area is 129 Å². The predicted molar refractivity (Wildman–Crippen MR) is 81.2 cm³/mol. The number of aromatic nitrogens is 1. The molecule has 1 aliphatic rings. The molecule has 0 amide bonds. The topological polar surface area (TPSA) is 50.3 Å². The molecule has 0 spiro atoms. The molecule has 0 saturated carbocycles. The van der Waals surface area contributed by atoms with Gasteiger partial charge >= 0.3 is 0 Å². The van der Waals surface area contributed by atoms with Gasteiger partial charge < -0.3 is 0 Å². The molecule has 1 aromatic heterocycles. The summed E-state index contributed by atoms with van der Waals surface area (Å²) in [4.78, 5) is 4.12. The minimum absolute atomic E-state index is 0.146. The molecule has 0 aliphatic carbocycles. The predicted octanol–water partition coefficient (Wildman–Crippen LogP) is 3.05. The molecule has 0 N–H and O–H groups in total. The Hall–Kier alpha value is -1.79. The number of pyridine rings is 1. The molecule has 1 aromatic carbocycles. The van der Waals surface area contributed by atoms with Crippen LogP contribution in [0, 0.1) is 12.7 Å². The number of halogens is 1. The van der Waals surface area contributed by atoms with Gasteiger partial charge in [-0.1, -0.05) is 0 Å². The highest BCUT2D eigenvalue weighted by molar-refractivity contribution is 7.89. The van der Waals surface area contributed by atoms with Gasteiger partial charge in [-0.05, 0) is 61.2 Å². The fourth-order valence-corrected chi connectivity index (χ4v) is 4.63. The summed E-state index contributed by atoms with van der Waals surface area (Å²) in [6, 6.07) is 7.44. The van der Waals surface area contributed by atoms with E-state index in [4.69, 9.17) is 0 Å². The maximum absolute atomic E-state index is 13.4. The Kier molecular flexibility index (Phi) is 3.97. The SMILES string of the molecule is Cc1cc(S(=O)(=O)N2CCCC2c2ccncc2)ccc1F. The number of benzene rings is 1. The van der Waals surface area contributed by atoms with Crippen LogP contribution in [0.4, 0.5) is 4.39 Å². The lowest BCUT2D eigenvalue weighted by Gasteiger charge is -2.24. The standard InChI is InChI=1S/C16H17FN2O2S/c1-12-11-14(4-5-15(12)17)22(20,21)19-10-2-3-16(19)13-6-8-18-9-7-13/h4-9,11,16H,2-3,10H2,1H3. The minimum atomic E-state index is -3.63. The number of nitrogens with zero attached hydrogens (tertiary/aromatic N) is 2. The van der Waals surface area contributed by atoms with Crippen LogP contribution in [0.15, 0.2) is 47.6 Å². The second-order valence-corrected chi connectivity index (χ2v) is 7.36. The van der Waals surface area contributed by atoms with Crippen LogP contribution in [0.25, 0.3) is 0 Å². The van der Waals surface area contributed by atoms with Crippen molar-refractivity contribution in [2.24, 2.45) is 0 Å². The van der Waals surface area contributed by atoms with E-state index in [0.717, 1.165) is 18.4 Å². The van der Waals surface area contributed by atoms with Gasteiger partial charge in [-0.2, -0.15) is 4.31 Å². The quantitative estimate of drug-likeness (QED) is 0.873. The monoisotopic (exact) mass is 320 g/mol. The summed E-state index contributed by atoms with van der Waals surface area (Å²) >= 11 is 0. The van der Waals surface area contributed by atoms with E-state index in [1.807, 2.05) is 12.1 Å². The highest BCUT2D eigenvalue weighted by Gasteiger charge is 2.36. The van der Waals surface area contributed by atoms with Crippen LogP contribution in [0.3, 0.4) is 0 Å². The molecule has 0 bridgehead atoms. The molecule has 116 valence electrons. The number of hydrogen-bond acceptors (Lipinski definition) is 3. The van der Waals surface area contributed by atoms with E-state index in [-0.39, 0.29) is 10.9 Å². The van der Waals surface area contributed by atoms with Gasteiger partial charge in [0.25, 0.3) is 0 Å². The normalized spacial score (nSPS) is 19.5. The third-order valence-corrected chi connectivity index (χ3v) is 5.93. The molecule has 2 aromatic rings. The molecule has 22 heavy (non-hydrogen) atoms. The Morgan fingerprint density at radius 2 is 1.95 bits per heavy atom. The van der Waals surface area contributed by atoms with E-state index < -0.39 is 15.8 Å². The molecular weight excluding hydrogens is 303 g/mol. The molecule has 6 heteroatoms. The molecule has 1 fully saturated rings. The van der Waals surface area contributed by atoms with Crippen molar-refractivity contribution in [2.45, 2.75) is 30.7 Å². The van der Waals surface area contributed by atoms with E-state index in [2.05, 4.69) is 4.98 Å². The van der Waals surface area contributed by atoms with Gasteiger partial charge in [0.05, 0.1) is 10.9 Å². The minimum Gasteiger partial charge on any atom is -0.265 e. The second kappa shape index (κ2) is 5.78. The van der Waals surface area contributed by atoms with Crippen molar-refractivity contribution in [3.8, 4) is 0 Å². The van der Waals surface area contributed by atoms with E-state index in [1.54, 1.807) is 19.3 Å². The summed E-state index contributed by atoms with van der Waals surface area (Å²) in [5.41, 5.74) is 1.27. The van der Waals surface area contributed by atoms with Crippen molar-refractivity contribution in [3.63, 3.8) is 0 Å². The van der Waals surface area contributed by atoms with Gasteiger partial charge in [0.2, 0.25) is 10.0 Å². The second-order valence-electron chi connectivity index (χ2n) is 5.47. The zero-order valence-corrected chi connectivity index (χ0v) is 13.1. The van der Waals surface area contributed by atoms with Crippen LogP contribution >= 0.6 is 0 Å². The zero-order valence-electron chi connectivity index (χ0n) is 12.2. The van der Waals surface area contributed by atoms with Crippen molar-refractivity contribution < 1.29 is 12.8 Å². The Balaban J connectivity index is 1.99. The van der Waals surface area contributed by atoms with Gasteiger partial charge in [0.15, 0.2) is 0 Å². The number of rotatable bonds is 3. The van der Waals surface area contributed by atoms with Crippen molar-refractivity contribution in [3.05, 3.63) is 59.7 Å². The molecule has 1 saturated heterocycles. The van der Waals surface area contributed by atoms with Crippen LogP contribution in [0.5, 0.6) is 0 Å². The van der Waals surface area contributed by atoms with Crippen molar-refractivity contribution in [2.75, 3.05) is 6.54 Å². The first-order chi connectivity index (χ1) is 10.5. The Morgan fingerprint density at radius 1 is 1.23 bits per heavy atom. The van der Waals surface area contributed by atoms with Gasteiger partial charge in [-0.15, -0.1) is 0 Å². The molecule has 1 atom stereocenters. The van der Waals surface area contributed by atoms with Crippen LogP contribution in [0.2, 0.25) is 0 Å². The summed E-state index contributed by atoms with van der Waals surface area (Å²) in [6.45, 7) is 2.05. The maximum Gasteiger partial charge on any atom is 0.243 e. The highest BCUT2D eigenvalue weighted by atomic mass is 32.2. The largest absolute Gasteiger partial charge is 0.265 e. The third kappa shape index (κ3) is 2.64. The first-order valence-corrected chi connectivity index (χ1v) is 8.62. The number of hydrogen-bond donors (Lipinski definition) is 0. The van der Waals surface area contributed by atoms with Crippen molar-refractivity contribution in [1.29, 1.82) is 0 Å². The van der Waals surface area contributed by atoms with Crippen molar-refractivity contribution in [1.82, 2.24) is 9.29 Å². The molecule has 1 aliphatic heterocycles. The van der Waals surface area contributed by atoms with E-state index in [0.29, 0.717) is 12.1 Å². The summed E-state index contributed by atoms with van der Waals surface area (Å²) in [6.07, 6.45) is 4.93. The smallest absolute Gasteiger partial charge is 0.243 e. The first-order valence-electron chi connectivity index (χ1n) is 7.18. The fourth-order valence-electron chi connectivity index (χ4n) is 2.86. The zero-order chi connectivity index (χ0) is 15.7. The van der Waals surface area contributed by atoms with E-state index in [9.17, 15) is 12.8 Å². The molecule has 2 heterocycles. The van der Waals surface area contributed by atoms with E-state index in [1.165, 1.54) is 22.5 Å². The average Bonchev–Trinajstić information content (AvgIpc) is 3.01. The molecule has 3 rings (SSSR count). The number of sulfonamides is 1. The average molecular weight is 320 g/mol. The molecule has 1 unspecified atom stereocenters. The van der Waals surface area contributed by atoms with Crippen molar-refractivity contribution >= 4 is 10.0 Å². The Bertz CT molecular complexity index is 778. The van der Waals surface area contributed by atoms with Gasteiger partial charge in [0, 0.05) is 18.9 Å². The van der Waals surface area contributed by atoms with E-state index >= 15 is 0 Å². The fraction of sp³-hybridized carbons (Fsp3) is 0.312. The summed E-state index contributed by atoms with van der Waals surface area (Å²) in [5, 5.41) is 0. The maximum atomic E-state index is 13.4. The molecule has 4 nitrogen and oxygen atoms in total. The lowest BCUT2D eigenvalue weighted by Crippen LogP contribution is -2.30. The molecular formula is C16H17FN2O2S. The summed E-state index contributed by atoms with van der Waals surface area (Å²) < 4.78 is 40.6. The lowest BCUT2D eigenvalue weighted by atomic mass is 10.1. The summed E-state index contributed by atoms with van der Waals surface area (Å²) in [7, 11) is -3.63. The van der Waals surface area contributed by atoms with Gasteiger partial charge in [0.1, 0.15) is 5.82 Å². The molecule has 0 radical (unpaired) electrons. The first kappa shape index (κ1) is 15.1. The van der Waals surface area contributed by atoms with Crippen LogP contribution in [0.1, 0.15) is 30.0 Å². The van der Waals surface area contributed by atoms with Crippen LogP contribution in [-0.4, -0.2) is 24.3 Å². The lowest BCUT2D eigenvalue weighted by molar-refractivity contribution is 0.396. The number of aryl methyl sites for hydroxylation is 1. The van der Waals surface area contributed by atoms with Crippen LogP contribution in [-0.2, 0) is 10.0 Å². The summed E-state index contributed by atoms with van der Waals surface area (Å²) in [5.74, 6) is -0.397. The Morgan fingerprint density at radius 3 is 2.64 bits per heavy atom. The van der Waals surface area contributed by atoms with Gasteiger partial charge in [-0.3, -0.25) is 4.98 Å².